The third kappa shape index (κ3) is 4.35. The number of rotatable bonds is 7. The van der Waals surface area contributed by atoms with E-state index in [9.17, 15) is 9.18 Å². The molecule has 8 heteroatoms. The Bertz CT molecular complexity index is 966. The second-order valence-electron chi connectivity index (χ2n) is 6.02. The van der Waals surface area contributed by atoms with E-state index in [4.69, 9.17) is 13.9 Å². The monoisotopic (exact) mass is 373 g/mol. The van der Waals surface area contributed by atoms with Crippen LogP contribution in [0, 0.1) is 5.82 Å². The van der Waals surface area contributed by atoms with Gasteiger partial charge in [0.25, 0.3) is 0 Å². The normalized spacial score (nSPS) is 11.0. The van der Waals surface area contributed by atoms with Crippen molar-refractivity contribution >= 4 is 0 Å². The predicted molar refractivity (Wildman–Crippen MR) is 97.2 cm³/mol. The minimum absolute atomic E-state index is 0.152. The molecule has 142 valence electrons. The first kappa shape index (κ1) is 18.7. The molecule has 2 aromatic carbocycles. The topological polar surface area (TPSA) is 69.7 Å². The summed E-state index contributed by atoms with van der Waals surface area (Å²) in [6.45, 7) is 0.795. The number of hydrogen-bond donors (Lipinski definition) is 0. The van der Waals surface area contributed by atoms with Crippen LogP contribution in [0.5, 0.6) is 11.5 Å². The van der Waals surface area contributed by atoms with Gasteiger partial charge in [0.2, 0.25) is 5.89 Å². The van der Waals surface area contributed by atoms with Crippen LogP contribution in [0.15, 0.2) is 51.7 Å². The van der Waals surface area contributed by atoms with Gasteiger partial charge in [-0.3, -0.25) is 4.90 Å². The van der Waals surface area contributed by atoms with Crippen molar-refractivity contribution in [3.63, 3.8) is 0 Å². The SMILES string of the molecule is COc1ccc(CN(C)Cn2nc(-c3ccc(F)cc3)oc2=O)cc1OC. The molecule has 0 aliphatic heterocycles. The van der Waals surface area contributed by atoms with Gasteiger partial charge in [0.15, 0.2) is 11.5 Å². The standard InChI is InChI=1S/C19H20FN3O4/c1-22(11-13-4-9-16(25-2)17(10-13)26-3)12-23-19(24)27-18(21-23)14-5-7-15(20)8-6-14/h4-10H,11-12H2,1-3H3. The van der Waals surface area contributed by atoms with Gasteiger partial charge in [-0.05, 0) is 49.0 Å². The van der Waals surface area contributed by atoms with Crippen LogP contribution in [0.2, 0.25) is 0 Å². The fraction of sp³-hybridized carbons (Fsp3) is 0.263. The summed E-state index contributed by atoms with van der Waals surface area (Å²) in [4.78, 5) is 14.0. The lowest BCUT2D eigenvalue weighted by molar-refractivity contribution is 0.236. The minimum atomic E-state index is -0.575. The highest BCUT2D eigenvalue weighted by Crippen LogP contribution is 2.28. The third-order valence-corrected chi connectivity index (χ3v) is 3.97. The van der Waals surface area contributed by atoms with E-state index in [0.717, 1.165) is 5.56 Å². The van der Waals surface area contributed by atoms with Gasteiger partial charge in [-0.1, -0.05) is 6.07 Å². The zero-order valence-corrected chi connectivity index (χ0v) is 15.3. The van der Waals surface area contributed by atoms with Gasteiger partial charge in [0.05, 0.1) is 14.2 Å². The molecule has 0 spiro atoms. The van der Waals surface area contributed by atoms with Gasteiger partial charge >= 0.3 is 5.76 Å². The smallest absolute Gasteiger partial charge is 0.438 e. The molecule has 0 bridgehead atoms. The molecule has 0 unspecified atom stereocenters. The quantitative estimate of drug-likeness (QED) is 0.634. The molecule has 0 aliphatic carbocycles. The van der Waals surface area contributed by atoms with Crippen LogP contribution < -0.4 is 15.2 Å². The number of hydrogen-bond acceptors (Lipinski definition) is 6. The predicted octanol–water partition coefficient (Wildman–Crippen LogP) is 2.75. The van der Waals surface area contributed by atoms with Crippen molar-refractivity contribution in [1.29, 1.82) is 0 Å². The van der Waals surface area contributed by atoms with E-state index in [0.29, 0.717) is 23.6 Å². The van der Waals surface area contributed by atoms with Crippen molar-refractivity contribution in [3.05, 3.63) is 64.4 Å². The van der Waals surface area contributed by atoms with Crippen molar-refractivity contribution in [2.24, 2.45) is 0 Å². The van der Waals surface area contributed by atoms with E-state index in [1.54, 1.807) is 14.2 Å². The first-order valence-corrected chi connectivity index (χ1v) is 8.23. The molecule has 3 aromatic rings. The molecule has 0 saturated heterocycles. The molecule has 0 saturated carbocycles. The minimum Gasteiger partial charge on any atom is -0.493 e. The Morgan fingerprint density at radius 2 is 1.81 bits per heavy atom. The van der Waals surface area contributed by atoms with Gasteiger partial charge in [-0.15, -0.1) is 5.10 Å². The summed E-state index contributed by atoms with van der Waals surface area (Å²) in [5, 5.41) is 4.18. The maximum atomic E-state index is 13.0. The third-order valence-electron chi connectivity index (χ3n) is 3.97. The molecule has 1 aromatic heterocycles. The Morgan fingerprint density at radius 3 is 2.48 bits per heavy atom. The zero-order valence-electron chi connectivity index (χ0n) is 15.3. The van der Waals surface area contributed by atoms with Gasteiger partial charge in [-0.2, -0.15) is 4.68 Å². The molecule has 0 radical (unpaired) electrons. The fourth-order valence-corrected chi connectivity index (χ4v) is 2.67. The number of aromatic nitrogens is 2. The molecule has 7 nitrogen and oxygen atoms in total. The van der Waals surface area contributed by atoms with Crippen molar-refractivity contribution in [3.8, 4) is 23.0 Å². The summed E-state index contributed by atoms with van der Waals surface area (Å²) >= 11 is 0. The Hall–Kier alpha value is -3.13. The van der Waals surface area contributed by atoms with Crippen LogP contribution in [0.25, 0.3) is 11.5 Å². The van der Waals surface area contributed by atoms with Crippen molar-refractivity contribution in [2.45, 2.75) is 13.2 Å². The van der Waals surface area contributed by atoms with Crippen LogP contribution in [0.1, 0.15) is 5.56 Å². The average molecular weight is 373 g/mol. The summed E-state index contributed by atoms with van der Waals surface area (Å²) in [7, 11) is 5.02. The first-order valence-electron chi connectivity index (χ1n) is 8.23. The van der Waals surface area contributed by atoms with E-state index in [1.165, 1.54) is 28.9 Å². The van der Waals surface area contributed by atoms with Gasteiger partial charge in [-0.25, -0.2) is 9.18 Å². The van der Waals surface area contributed by atoms with Crippen molar-refractivity contribution in [1.82, 2.24) is 14.7 Å². The second-order valence-corrected chi connectivity index (χ2v) is 6.02. The van der Waals surface area contributed by atoms with Gasteiger partial charge in [0, 0.05) is 12.1 Å². The highest BCUT2D eigenvalue weighted by atomic mass is 19.1. The molecule has 3 rings (SSSR count). The number of halogens is 1. The number of benzene rings is 2. The van der Waals surface area contributed by atoms with Crippen LogP contribution >= 0.6 is 0 Å². The van der Waals surface area contributed by atoms with Crippen LogP contribution in [-0.2, 0) is 13.2 Å². The lowest BCUT2D eigenvalue weighted by atomic mass is 10.2. The highest BCUT2D eigenvalue weighted by molar-refractivity contribution is 5.51. The van der Waals surface area contributed by atoms with E-state index >= 15 is 0 Å². The van der Waals surface area contributed by atoms with Crippen LogP contribution in [-0.4, -0.2) is 35.9 Å². The fourth-order valence-electron chi connectivity index (χ4n) is 2.67. The van der Waals surface area contributed by atoms with E-state index < -0.39 is 5.76 Å². The Morgan fingerprint density at radius 1 is 1.11 bits per heavy atom. The Kier molecular flexibility index (Phi) is 5.56. The van der Waals surface area contributed by atoms with Crippen LogP contribution in [0.3, 0.4) is 0 Å². The van der Waals surface area contributed by atoms with E-state index in [2.05, 4.69) is 5.10 Å². The molecule has 0 N–H and O–H groups in total. The molecule has 27 heavy (non-hydrogen) atoms. The summed E-state index contributed by atoms with van der Waals surface area (Å²) < 4.78 is 30.0. The van der Waals surface area contributed by atoms with Crippen molar-refractivity contribution in [2.75, 3.05) is 21.3 Å². The second kappa shape index (κ2) is 8.05. The van der Waals surface area contributed by atoms with E-state index in [-0.39, 0.29) is 18.4 Å². The Balaban J connectivity index is 1.72. The molecular weight excluding hydrogens is 353 g/mol. The number of ether oxygens (including phenoxy) is 2. The van der Waals surface area contributed by atoms with Crippen molar-refractivity contribution < 1.29 is 18.3 Å². The molecular formula is C19H20FN3O4. The maximum absolute atomic E-state index is 13.0. The van der Waals surface area contributed by atoms with Gasteiger partial charge < -0.3 is 13.9 Å². The van der Waals surface area contributed by atoms with Gasteiger partial charge in [0.1, 0.15) is 12.5 Å². The molecule has 1 heterocycles. The molecule has 0 amide bonds. The summed E-state index contributed by atoms with van der Waals surface area (Å²) in [5.74, 6) is 0.504. The lowest BCUT2D eigenvalue weighted by Crippen LogP contribution is -2.28. The molecule has 0 atom stereocenters. The Labute approximate surface area is 155 Å². The van der Waals surface area contributed by atoms with E-state index in [1.807, 2.05) is 30.1 Å². The molecule has 0 fully saturated rings. The summed E-state index contributed by atoms with van der Waals surface area (Å²) in [6, 6.07) is 11.2. The van der Waals surface area contributed by atoms with Crippen LogP contribution in [0.4, 0.5) is 4.39 Å². The summed E-state index contributed by atoms with van der Waals surface area (Å²) in [6.07, 6.45) is 0. The largest absolute Gasteiger partial charge is 0.493 e. The summed E-state index contributed by atoms with van der Waals surface area (Å²) in [5.41, 5.74) is 1.53. The zero-order chi connectivity index (χ0) is 19.4. The number of methoxy groups -OCH3 is 2. The maximum Gasteiger partial charge on any atom is 0.438 e. The molecule has 0 aliphatic rings. The highest BCUT2D eigenvalue weighted by Gasteiger charge is 2.13. The lowest BCUT2D eigenvalue weighted by Gasteiger charge is -2.16. The first-order chi connectivity index (χ1) is 13.0. The average Bonchev–Trinajstić information content (AvgIpc) is 3.02. The number of nitrogens with zero attached hydrogens (tertiary/aromatic N) is 3.